The minimum Gasteiger partial charge on any atom is -0.340 e. The summed E-state index contributed by atoms with van der Waals surface area (Å²) >= 11 is 0. The van der Waals surface area contributed by atoms with E-state index in [9.17, 15) is 4.79 Å². The van der Waals surface area contributed by atoms with E-state index >= 15 is 0 Å². The maximum absolute atomic E-state index is 11.6. The molecule has 0 aliphatic carbocycles. The molecule has 1 fully saturated rings. The number of nitriles is 1. The van der Waals surface area contributed by atoms with Crippen molar-refractivity contribution >= 4 is 5.91 Å². The second kappa shape index (κ2) is 12.4. The van der Waals surface area contributed by atoms with Crippen LogP contribution in [-0.4, -0.2) is 47.9 Å². The zero-order chi connectivity index (χ0) is 14.0. The molecule has 1 heterocycles. The molecular formula is C14H24N3ORe-. The Kier molecular flexibility index (Phi) is 13.4. The number of hydrogen-bond acceptors (Lipinski definition) is 3. The maximum Gasteiger partial charge on any atom is 0.246 e. The number of hydrogen-bond donors (Lipinski definition) is 0. The number of piperazine rings is 1. The topological polar surface area (TPSA) is 47.3 Å². The van der Waals surface area contributed by atoms with Gasteiger partial charge in [0.25, 0.3) is 0 Å². The summed E-state index contributed by atoms with van der Waals surface area (Å²) in [5.41, 5.74) is 0. The van der Waals surface area contributed by atoms with Crippen molar-refractivity contribution in [2.75, 3.05) is 26.2 Å². The van der Waals surface area contributed by atoms with E-state index in [4.69, 9.17) is 5.26 Å². The first-order valence-electron chi connectivity index (χ1n) is 6.36. The van der Waals surface area contributed by atoms with Gasteiger partial charge in [-0.25, -0.2) is 0 Å². The van der Waals surface area contributed by atoms with Gasteiger partial charge in [0.2, 0.25) is 5.91 Å². The average Bonchev–Trinajstić information content (AvgIpc) is 2.37. The van der Waals surface area contributed by atoms with Gasteiger partial charge >= 0.3 is 0 Å². The minimum atomic E-state index is 0. The van der Waals surface area contributed by atoms with Gasteiger partial charge in [-0.15, -0.1) is 6.08 Å². The Bertz CT molecular complexity index is 302. The van der Waals surface area contributed by atoms with Crippen LogP contribution in [0.2, 0.25) is 0 Å². The summed E-state index contributed by atoms with van der Waals surface area (Å²) in [5.74, 6) is 0.127. The van der Waals surface area contributed by atoms with Crippen molar-refractivity contribution in [2.45, 2.75) is 33.2 Å². The summed E-state index contributed by atoms with van der Waals surface area (Å²) in [7, 11) is 0. The van der Waals surface area contributed by atoms with Gasteiger partial charge in [-0.3, -0.25) is 9.69 Å². The molecule has 1 aliphatic heterocycles. The molecule has 0 aromatic rings. The summed E-state index contributed by atoms with van der Waals surface area (Å²) in [4.78, 5) is 15.9. The van der Waals surface area contributed by atoms with Gasteiger partial charge in [-0.1, -0.05) is 0 Å². The van der Waals surface area contributed by atoms with Crippen molar-refractivity contribution in [2.24, 2.45) is 0 Å². The second-order valence-corrected chi connectivity index (χ2v) is 4.37. The quantitative estimate of drug-likeness (QED) is 0.501. The summed E-state index contributed by atoms with van der Waals surface area (Å²) in [6, 6.07) is 2.33. The van der Waals surface area contributed by atoms with Crippen molar-refractivity contribution in [3.63, 3.8) is 0 Å². The average molecular weight is 437 g/mol. The molecule has 0 atom stereocenters. The van der Waals surface area contributed by atoms with E-state index in [1.54, 1.807) is 12.1 Å². The minimum absolute atomic E-state index is 0. The molecule has 1 radical (unpaired) electrons. The van der Waals surface area contributed by atoms with E-state index in [0.29, 0.717) is 12.5 Å². The summed E-state index contributed by atoms with van der Waals surface area (Å²) in [5, 5.41) is 7.32. The third-order valence-electron chi connectivity index (χ3n) is 2.78. The SMILES string of the molecule is CC#N.[CH2-]C/C=C/C(=O)N1CCN(C(C)C)CC1.[Re]. The Labute approximate surface area is 131 Å². The molecule has 1 amide bonds. The zero-order valence-corrected chi connectivity index (χ0v) is 14.8. The van der Waals surface area contributed by atoms with E-state index < -0.39 is 0 Å². The fourth-order valence-corrected chi connectivity index (χ4v) is 1.75. The maximum atomic E-state index is 11.6. The van der Waals surface area contributed by atoms with Gasteiger partial charge in [0.05, 0.1) is 6.07 Å². The Morgan fingerprint density at radius 2 is 1.84 bits per heavy atom. The third-order valence-corrected chi connectivity index (χ3v) is 2.78. The van der Waals surface area contributed by atoms with Gasteiger partial charge < -0.3 is 11.8 Å². The molecule has 1 saturated heterocycles. The standard InChI is InChI=1S/C12H21N2O.C2H3N.Re/c1-4-5-6-12(15)14-9-7-13(8-10-14)11(2)3;1-2-3;/h5-6,11H,1,4,7-10H2,2-3H3;1H3;/q-1;;/b6-5+;;. The van der Waals surface area contributed by atoms with Crippen LogP contribution in [0, 0.1) is 18.3 Å². The van der Waals surface area contributed by atoms with Gasteiger partial charge in [0.1, 0.15) is 0 Å². The smallest absolute Gasteiger partial charge is 0.246 e. The largest absolute Gasteiger partial charge is 0.340 e. The molecule has 4 nitrogen and oxygen atoms in total. The van der Waals surface area contributed by atoms with Crippen molar-refractivity contribution in [3.8, 4) is 6.07 Å². The van der Waals surface area contributed by atoms with Crippen LogP contribution in [-0.2, 0) is 25.2 Å². The van der Waals surface area contributed by atoms with E-state index in [0.717, 1.165) is 26.2 Å². The van der Waals surface area contributed by atoms with Crippen LogP contribution in [0.5, 0.6) is 0 Å². The van der Waals surface area contributed by atoms with Crippen LogP contribution >= 0.6 is 0 Å². The molecule has 0 aromatic heterocycles. The molecular weight excluding hydrogens is 412 g/mol. The van der Waals surface area contributed by atoms with Crippen LogP contribution in [0.25, 0.3) is 0 Å². The molecule has 0 aromatic carbocycles. The fraction of sp³-hybridized carbons (Fsp3) is 0.643. The summed E-state index contributed by atoms with van der Waals surface area (Å²) < 4.78 is 0. The number of allylic oxidation sites excluding steroid dienone is 1. The van der Waals surface area contributed by atoms with Crippen LogP contribution in [0.4, 0.5) is 0 Å². The summed E-state index contributed by atoms with van der Waals surface area (Å²) in [6.45, 7) is 13.2. The molecule has 0 N–H and O–H groups in total. The Hall–Kier alpha value is -0.678. The predicted molar refractivity (Wildman–Crippen MR) is 73.7 cm³/mol. The molecule has 5 heteroatoms. The third kappa shape index (κ3) is 8.95. The van der Waals surface area contributed by atoms with Crippen LogP contribution < -0.4 is 0 Å². The first-order chi connectivity index (χ1) is 8.56. The monoisotopic (exact) mass is 437 g/mol. The molecule has 0 saturated carbocycles. The van der Waals surface area contributed by atoms with Gasteiger partial charge in [-0.05, 0) is 19.9 Å². The first kappa shape index (κ1) is 20.6. The Balaban J connectivity index is 0. The fourth-order valence-electron chi connectivity index (χ4n) is 1.75. The van der Waals surface area contributed by atoms with Crippen molar-refractivity contribution in [1.29, 1.82) is 5.26 Å². The summed E-state index contributed by atoms with van der Waals surface area (Å²) in [6.07, 6.45) is 4.13. The molecule has 19 heavy (non-hydrogen) atoms. The predicted octanol–water partition coefficient (Wildman–Crippen LogP) is 1.85. The van der Waals surface area contributed by atoms with Gasteiger partial charge in [0.15, 0.2) is 0 Å². The molecule has 1 aliphatic rings. The number of nitrogens with zero attached hydrogens (tertiary/aromatic N) is 3. The van der Waals surface area contributed by atoms with Gasteiger partial charge in [0, 0.05) is 59.6 Å². The van der Waals surface area contributed by atoms with Crippen molar-refractivity contribution in [1.82, 2.24) is 9.80 Å². The van der Waals surface area contributed by atoms with Crippen LogP contribution in [0.1, 0.15) is 27.2 Å². The number of rotatable bonds is 3. The molecule has 0 unspecified atom stereocenters. The second-order valence-electron chi connectivity index (χ2n) is 4.37. The number of amides is 1. The van der Waals surface area contributed by atoms with E-state index in [2.05, 4.69) is 25.7 Å². The number of carbonyl (C=O) groups excluding carboxylic acids is 1. The zero-order valence-electron chi connectivity index (χ0n) is 12.1. The molecule has 109 valence electrons. The molecule has 1 rings (SSSR count). The van der Waals surface area contributed by atoms with E-state index in [-0.39, 0.29) is 26.3 Å². The molecule has 0 spiro atoms. The van der Waals surface area contributed by atoms with Crippen LogP contribution in [0.3, 0.4) is 0 Å². The Morgan fingerprint density at radius 1 is 1.37 bits per heavy atom. The van der Waals surface area contributed by atoms with Gasteiger partial charge in [-0.2, -0.15) is 11.7 Å². The van der Waals surface area contributed by atoms with Crippen LogP contribution in [0.15, 0.2) is 12.2 Å². The molecule has 0 bridgehead atoms. The number of carbonyl (C=O) groups is 1. The van der Waals surface area contributed by atoms with Crippen molar-refractivity contribution in [3.05, 3.63) is 19.1 Å². The Morgan fingerprint density at radius 3 is 2.21 bits per heavy atom. The van der Waals surface area contributed by atoms with Crippen molar-refractivity contribution < 1.29 is 25.2 Å². The van der Waals surface area contributed by atoms with E-state index in [1.807, 2.05) is 11.0 Å². The first-order valence-corrected chi connectivity index (χ1v) is 6.36. The van der Waals surface area contributed by atoms with E-state index in [1.165, 1.54) is 6.92 Å². The normalized spacial score (nSPS) is 15.5.